The average Bonchev–Trinajstić information content (AvgIpc) is 2.35. The van der Waals surface area contributed by atoms with E-state index in [1.54, 1.807) is 0 Å². The Hall–Kier alpha value is -1.63. The van der Waals surface area contributed by atoms with Crippen molar-refractivity contribution in [1.29, 1.82) is 0 Å². The SMILES string of the molecule is O=C(O)Oc1ccc([N+](=O)[O-])cc1CCCCCBr. The van der Waals surface area contributed by atoms with Gasteiger partial charge in [-0.2, -0.15) is 0 Å². The number of benzene rings is 1. The summed E-state index contributed by atoms with van der Waals surface area (Å²) in [4.78, 5) is 20.8. The highest BCUT2D eigenvalue weighted by Crippen LogP contribution is 2.26. The maximum atomic E-state index is 10.7. The van der Waals surface area contributed by atoms with Crippen LogP contribution in [-0.2, 0) is 6.42 Å². The number of hydrogen-bond acceptors (Lipinski definition) is 4. The number of nitro groups is 1. The Balaban J connectivity index is 2.84. The minimum atomic E-state index is -1.42. The summed E-state index contributed by atoms with van der Waals surface area (Å²) in [6.07, 6.45) is 1.92. The summed E-state index contributed by atoms with van der Waals surface area (Å²) in [6, 6.07) is 3.93. The van der Waals surface area contributed by atoms with Crippen molar-refractivity contribution < 1.29 is 19.6 Å². The number of hydrogen-bond donors (Lipinski definition) is 1. The second-order valence-corrected chi connectivity index (χ2v) is 4.71. The van der Waals surface area contributed by atoms with Gasteiger partial charge >= 0.3 is 6.16 Å². The Morgan fingerprint density at radius 3 is 2.68 bits per heavy atom. The van der Waals surface area contributed by atoms with Crippen molar-refractivity contribution in [2.45, 2.75) is 25.7 Å². The van der Waals surface area contributed by atoms with Crippen LogP contribution in [0.5, 0.6) is 5.75 Å². The summed E-state index contributed by atoms with van der Waals surface area (Å²) < 4.78 is 4.62. The van der Waals surface area contributed by atoms with Gasteiger partial charge in [0, 0.05) is 23.0 Å². The van der Waals surface area contributed by atoms with Crippen LogP contribution in [0.25, 0.3) is 0 Å². The number of carboxylic acid groups (broad SMARTS) is 1. The molecule has 0 radical (unpaired) electrons. The largest absolute Gasteiger partial charge is 0.511 e. The van der Waals surface area contributed by atoms with E-state index in [9.17, 15) is 14.9 Å². The molecule has 0 fully saturated rings. The second kappa shape index (κ2) is 7.73. The van der Waals surface area contributed by atoms with E-state index in [1.165, 1.54) is 18.2 Å². The highest BCUT2D eigenvalue weighted by atomic mass is 79.9. The van der Waals surface area contributed by atoms with Crippen LogP contribution < -0.4 is 4.74 Å². The lowest BCUT2D eigenvalue weighted by atomic mass is 10.1. The van der Waals surface area contributed by atoms with Crippen LogP contribution in [0.2, 0.25) is 0 Å². The van der Waals surface area contributed by atoms with E-state index in [-0.39, 0.29) is 11.4 Å². The minimum Gasteiger partial charge on any atom is -0.449 e. The first kappa shape index (κ1) is 15.4. The molecule has 0 atom stereocenters. The number of rotatable bonds is 7. The van der Waals surface area contributed by atoms with Crippen molar-refractivity contribution in [1.82, 2.24) is 0 Å². The van der Waals surface area contributed by atoms with Gasteiger partial charge in [-0.05, 0) is 25.3 Å². The number of alkyl halides is 1. The van der Waals surface area contributed by atoms with E-state index in [0.29, 0.717) is 12.0 Å². The van der Waals surface area contributed by atoms with Gasteiger partial charge in [-0.3, -0.25) is 10.1 Å². The third kappa shape index (κ3) is 5.25. The van der Waals surface area contributed by atoms with Gasteiger partial charge in [0.05, 0.1) is 4.92 Å². The molecule has 1 N–H and O–H groups in total. The van der Waals surface area contributed by atoms with Crippen molar-refractivity contribution in [2.75, 3.05) is 5.33 Å². The zero-order valence-corrected chi connectivity index (χ0v) is 11.8. The number of non-ortho nitro benzene ring substituents is 1. The fourth-order valence-electron chi connectivity index (χ4n) is 1.66. The number of ether oxygens (including phenoxy) is 1. The summed E-state index contributed by atoms with van der Waals surface area (Å²) in [6.45, 7) is 0. The Kier molecular flexibility index (Phi) is 6.27. The number of carbonyl (C=O) groups is 1. The van der Waals surface area contributed by atoms with E-state index < -0.39 is 11.1 Å². The average molecular weight is 332 g/mol. The van der Waals surface area contributed by atoms with Crippen molar-refractivity contribution in [3.63, 3.8) is 0 Å². The molecule has 1 rings (SSSR count). The molecule has 0 heterocycles. The lowest BCUT2D eigenvalue weighted by molar-refractivity contribution is -0.384. The zero-order valence-electron chi connectivity index (χ0n) is 10.2. The van der Waals surface area contributed by atoms with Crippen LogP contribution in [0.4, 0.5) is 10.5 Å². The van der Waals surface area contributed by atoms with Crippen molar-refractivity contribution in [3.8, 4) is 5.75 Å². The zero-order chi connectivity index (χ0) is 14.3. The molecule has 0 aliphatic rings. The molecule has 0 amide bonds. The first-order valence-electron chi connectivity index (χ1n) is 5.78. The van der Waals surface area contributed by atoms with E-state index in [2.05, 4.69) is 20.7 Å². The highest BCUT2D eigenvalue weighted by Gasteiger charge is 2.13. The monoisotopic (exact) mass is 331 g/mol. The molecule has 0 bridgehead atoms. The summed E-state index contributed by atoms with van der Waals surface area (Å²) in [5.41, 5.74) is 0.486. The van der Waals surface area contributed by atoms with Gasteiger partial charge in [-0.15, -0.1) is 0 Å². The molecule has 0 saturated heterocycles. The maximum Gasteiger partial charge on any atom is 0.511 e. The first-order chi connectivity index (χ1) is 9.04. The molecular formula is C12H14BrNO5. The van der Waals surface area contributed by atoms with Crippen molar-refractivity contribution in [2.24, 2.45) is 0 Å². The molecule has 6 nitrogen and oxygen atoms in total. The number of aryl methyl sites for hydroxylation is 1. The molecule has 1 aromatic rings. The lowest BCUT2D eigenvalue weighted by Gasteiger charge is -2.07. The van der Waals surface area contributed by atoms with E-state index in [4.69, 9.17) is 5.11 Å². The van der Waals surface area contributed by atoms with Gasteiger partial charge in [0.15, 0.2) is 0 Å². The molecule has 0 saturated carbocycles. The Labute approximate surface area is 118 Å². The standard InChI is InChI=1S/C12H14BrNO5/c13-7-3-1-2-4-9-8-10(14(17)18)5-6-11(9)19-12(15)16/h5-6,8H,1-4,7H2,(H,15,16). The van der Waals surface area contributed by atoms with Crippen LogP contribution in [0.3, 0.4) is 0 Å². The number of unbranched alkanes of at least 4 members (excludes halogenated alkanes) is 2. The van der Waals surface area contributed by atoms with Crippen LogP contribution in [0.15, 0.2) is 18.2 Å². The summed E-state index contributed by atoms with van der Waals surface area (Å²) >= 11 is 3.32. The Bertz CT molecular complexity index is 463. The molecular weight excluding hydrogens is 318 g/mol. The molecule has 104 valence electrons. The highest BCUT2D eigenvalue weighted by molar-refractivity contribution is 9.09. The van der Waals surface area contributed by atoms with E-state index in [0.717, 1.165) is 24.6 Å². The Morgan fingerprint density at radius 1 is 1.37 bits per heavy atom. The predicted octanol–water partition coefficient (Wildman–Crippen LogP) is 3.76. The molecule has 7 heteroatoms. The molecule has 0 aliphatic carbocycles. The Morgan fingerprint density at radius 2 is 2.11 bits per heavy atom. The van der Waals surface area contributed by atoms with E-state index >= 15 is 0 Å². The fourth-order valence-corrected chi connectivity index (χ4v) is 2.05. The number of nitro benzene ring substituents is 1. The predicted molar refractivity (Wildman–Crippen MR) is 73.1 cm³/mol. The number of nitrogens with zero attached hydrogens (tertiary/aromatic N) is 1. The summed E-state index contributed by atoms with van der Waals surface area (Å²) in [5, 5.41) is 20.2. The van der Waals surface area contributed by atoms with Crippen molar-refractivity contribution >= 4 is 27.8 Å². The van der Waals surface area contributed by atoms with Crippen LogP contribution in [0, 0.1) is 10.1 Å². The third-order valence-corrected chi connectivity index (χ3v) is 3.09. The first-order valence-corrected chi connectivity index (χ1v) is 6.91. The van der Waals surface area contributed by atoms with Crippen LogP contribution in [-0.4, -0.2) is 21.5 Å². The van der Waals surface area contributed by atoms with Gasteiger partial charge in [-0.25, -0.2) is 4.79 Å². The quantitative estimate of drug-likeness (QED) is 0.205. The molecule has 0 aromatic heterocycles. The van der Waals surface area contributed by atoms with Gasteiger partial charge in [-0.1, -0.05) is 22.4 Å². The van der Waals surface area contributed by atoms with Crippen LogP contribution >= 0.6 is 15.9 Å². The number of halogens is 1. The second-order valence-electron chi connectivity index (χ2n) is 3.92. The van der Waals surface area contributed by atoms with Crippen molar-refractivity contribution in [3.05, 3.63) is 33.9 Å². The lowest BCUT2D eigenvalue weighted by Crippen LogP contribution is -2.06. The molecule has 0 unspecified atom stereocenters. The molecule has 0 aliphatic heterocycles. The summed E-state index contributed by atoms with van der Waals surface area (Å²) in [7, 11) is 0. The van der Waals surface area contributed by atoms with E-state index in [1.807, 2.05) is 0 Å². The van der Waals surface area contributed by atoms with Gasteiger partial charge in [0.2, 0.25) is 0 Å². The fraction of sp³-hybridized carbons (Fsp3) is 0.417. The third-order valence-electron chi connectivity index (χ3n) is 2.53. The summed E-state index contributed by atoms with van der Waals surface area (Å²) in [5.74, 6) is 0.164. The maximum absolute atomic E-state index is 10.7. The minimum absolute atomic E-state index is 0.0618. The smallest absolute Gasteiger partial charge is 0.449 e. The molecule has 1 aromatic carbocycles. The molecule has 19 heavy (non-hydrogen) atoms. The van der Waals surface area contributed by atoms with Crippen LogP contribution in [0.1, 0.15) is 24.8 Å². The van der Waals surface area contributed by atoms with Gasteiger partial charge in [0.1, 0.15) is 5.75 Å². The molecule has 0 spiro atoms. The van der Waals surface area contributed by atoms with Gasteiger partial charge < -0.3 is 9.84 Å². The normalized spacial score (nSPS) is 10.2. The topological polar surface area (TPSA) is 89.7 Å². The van der Waals surface area contributed by atoms with Gasteiger partial charge in [0.25, 0.3) is 5.69 Å².